The number of carbonyl (C=O) groups is 2. The number of carbonyl (C=O) groups excluding carboxylic acids is 2. The topological polar surface area (TPSA) is 37.4 Å². The van der Waals surface area contributed by atoms with Gasteiger partial charge in [-0.1, -0.05) is 19.1 Å². The highest BCUT2D eigenvalue weighted by molar-refractivity contribution is 6.01. The van der Waals surface area contributed by atoms with Gasteiger partial charge in [-0.05, 0) is 12.8 Å². The lowest BCUT2D eigenvalue weighted by molar-refractivity contribution is -0.138. The van der Waals surface area contributed by atoms with Crippen LogP contribution in [-0.2, 0) is 9.59 Å². The first kappa shape index (κ1) is 9.96. The zero-order chi connectivity index (χ0) is 9.68. The molecular formula is C10H15NO2. The molecule has 13 heavy (non-hydrogen) atoms. The van der Waals surface area contributed by atoms with Crippen molar-refractivity contribution in [3.63, 3.8) is 0 Å². The van der Waals surface area contributed by atoms with Crippen LogP contribution in [0.5, 0.6) is 0 Å². The Morgan fingerprint density at radius 1 is 1.23 bits per heavy atom. The third-order valence-corrected chi connectivity index (χ3v) is 2.08. The van der Waals surface area contributed by atoms with Crippen LogP contribution in [0.3, 0.4) is 0 Å². The molecule has 72 valence electrons. The fourth-order valence-electron chi connectivity index (χ4n) is 1.36. The maximum atomic E-state index is 11.1. The highest BCUT2D eigenvalue weighted by atomic mass is 16.2. The van der Waals surface area contributed by atoms with E-state index in [2.05, 4.69) is 6.92 Å². The molecule has 1 rings (SSSR count). The third-order valence-electron chi connectivity index (χ3n) is 2.08. The molecule has 0 saturated carbocycles. The number of amides is 2. The molecule has 1 saturated heterocycles. The second-order valence-corrected chi connectivity index (χ2v) is 3.11. The van der Waals surface area contributed by atoms with Crippen molar-refractivity contribution >= 4 is 11.8 Å². The lowest BCUT2D eigenvalue weighted by Crippen LogP contribution is -2.29. The molecule has 0 aromatic heterocycles. The summed E-state index contributed by atoms with van der Waals surface area (Å²) in [6.45, 7) is 2.61. The molecule has 3 nitrogen and oxygen atoms in total. The fourth-order valence-corrected chi connectivity index (χ4v) is 1.36. The van der Waals surface area contributed by atoms with Crippen molar-refractivity contribution in [3.8, 4) is 0 Å². The number of likely N-dealkylation sites (tertiary alicyclic amines) is 1. The number of allylic oxidation sites excluding steroid dienone is 1. The van der Waals surface area contributed by atoms with E-state index in [4.69, 9.17) is 0 Å². The van der Waals surface area contributed by atoms with Crippen molar-refractivity contribution in [2.45, 2.75) is 32.6 Å². The average Bonchev–Trinajstić information content (AvgIpc) is 2.42. The highest BCUT2D eigenvalue weighted by Gasteiger charge is 2.27. The van der Waals surface area contributed by atoms with E-state index >= 15 is 0 Å². The molecule has 0 bridgehead atoms. The molecule has 0 aliphatic carbocycles. The lowest BCUT2D eigenvalue weighted by Gasteiger charge is -2.11. The standard InChI is InChI=1S/C10H15NO2/c1-2-3-4-5-8-11-9(12)6-7-10(11)13/h3-4H,2,5-8H2,1H3/b4-3+. The van der Waals surface area contributed by atoms with Crippen LogP contribution in [0.2, 0.25) is 0 Å². The summed E-state index contributed by atoms with van der Waals surface area (Å²) in [5.41, 5.74) is 0. The molecule has 0 unspecified atom stereocenters. The van der Waals surface area contributed by atoms with E-state index < -0.39 is 0 Å². The first-order valence-electron chi connectivity index (χ1n) is 4.74. The number of hydrogen-bond acceptors (Lipinski definition) is 2. The minimum atomic E-state index is -0.0186. The van der Waals surface area contributed by atoms with E-state index in [-0.39, 0.29) is 11.8 Å². The summed E-state index contributed by atoms with van der Waals surface area (Å²) in [5, 5.41) is 0. The van der Waals surface area contributed by atoms with Crippen molar-refractivity contribution < 1.29 is 9.59 Å². The van der Waals surface area contributed by atoms with Crippen LogP contribution < -0.4 is 0 Å². The Kier molecular flexibility index (Phi) is 3.68. The van der Waals surface area contributed by atoms with Gasteiger partial charge in [0.05, 0.1) is 0 Å². The molecule has 0 spiro atoms. The third kappa shape index (κ3) is 2.68. The number of imide groups is 1. The van der Waals surface area contributed by atoms with Crippen molar-refractivity contribution in [2.75, 3.05) is 6.54 Å². The second-order valence-electron chi connectivity index (χ2n) is 3.11. The first-order valence-corrected chi connectivity index (χ1v) is 4.74. The molecule has 3 heteroatoms. The minimum absolute atomic E-state index is 0.0186. The smallest absolute Gasteiger partial charge is 0.229 e. The summed E-state index contributed by atoms with van der Waals surface area (Å²) in [4.78, 5) is 23.6. The molecule has 0 radical (unpaired) electrons. The maximum Gasteiger partial charge on any atom is 0.229 e. The molecule has 0 atom stereocenters. The van der Waals surface area contributed by atoms with E-state index in [9.17, 15) is 9.59 Å². The van der Waals surface area contributed by atoms with E-state index in [0.29, 0.717) is 19.4 Å². The first-order chi connectivity index (χ1) is 6.25. The maximum absolute atomic E-state index is 11.1. The summed E-state index contributed by atoms with van der Waals surface area (Å²) in [6, 6.07) is 0. The molecule has 2 amide bonds. The van der Waals surface area contributed by atoms with Crippen LogP contribution in [0.15, 0.2) is 12.2 Å². The molecule has 0 aromatic rings. The van der Waals surface area contributed by atoms with Crippen LogP contribution in [0.4, 0.5) is 0 Å². The van der Waals surface area contributed by atoms with Gasteiger partial charge in [-0.25, -0.2) is 0 Å². The summed E-state index contributed by atoms with van der Waals surface area (Å²) in [5.74, 6) is -0.0372. The monoisotopic (exact) mass is 181 g/mol. The van der Waals surface area contributed by atoms with Crippen LogP contribution in [0.1, 0.15) is 32.6 Å². The zero-order valence-corrected chi connectivity index (χ0v) is 7.95. The van der Waals surface area contributed by atoms with Crippen molar-refractivity contribution in [3.05, 3.63) is 12.2 Å². The number of nitrogens with zero attached hydrogens (tertiary/aromatic N) is 1. The summed E-state index contributed by atoms with van der Waals surface area (Å²) in [6.07, 6.45) is 6.64. The fraction of sp³-hybridized carbons (Fsp3) is 0.600. The van der Waals surface area contributed by atoms with E-state index in [1.165, 1.54) is 4.90 Å². The number of hydrogen-bond donors (Lipinski definition) is 0. The van der Waals surface area contributed by atoms with Gasteiger partial charge in [0.25, 0.3) is 0 Å². The normalized spacial score (nSPS) is 17.8. The predicted octanol–water partition coefficient (Wildman–Crippen LogP) is 1.49. The van der Waals surface area contributed by atoms with E-state index in [1.54, 1.807) is 0 Å². The average molecular weight is 181 g/mol. The van der Waals surface area contributed by atoms with Gasteiger partial charge in [0.2, 0.25) is 11.8 Å². The van der Waals surface area contributed by atoms with E-state index in [0.717, 1.165) is 12.8 Å². The summed E-state index contributed by atoms with van der Waals surface area (Å²) in [7, 11) is 0. The molecule has 1 fully saturated rings. The van der Waals surface area contributed by atoms with Crippen LogP contribution >= 0.6 is 0 Å². The van der Waals surface area contributed by atoms with Gasteiger partial charge in [0.15, 0.2) is 0 Å². The van der Waals surface area contributed by atoms with Crippen LogP contribution in [-0.4, -0.2) is 23.3 Å². The predicted molar refractivity (Wildman–Crippen MR) is 50.0 cm³/mol. The molecule has 1 aliphatic heterocycles. The largest absolute Gasteiger partial charge is 0.282 e. The molecule has 0 aromatic carbocycles. The van der Waals surface area contributed by atoms with Gasteiger partial charge < -0.3 is 0 Å². The number of rotatable bonds is 4. The SMILES string of the molecule is CC/C=C/CCN1C(=O)CCC1=O. The Hall–Kier alpha value is -1.12. The van der Waals surface area contributed by atoms with Crippen molar-refractivity contribution in [1.29, 1.82) is 0 Å². The zero-order valence-electron chi connectivity index (χ0n) is 7.95. The second kappa shape index (κ2) is 4.80. The quantitative estimate of drug-likeness (QED) is 0.486. The molecule has 1 heterocycles. The Balaban J connectivity index is 2.31. The molecular weight excluding hydrogens is 166 g/mol. The lowest BCUT2D eigenvalue weighted by atomic mass is 10.3. The highest BCUT2D eigenvalue weighted by Crippen LogP contribution is 2.11. The van der Waals surface area contributed by atoms with Crippen molar-refractivity contribution in [1.82, 2.24) is 4.90 Å². The van der Waals surface area contributed by atoms with Crippen LogP contribution in [0.25, 0.3) is 0 Å². The Labute approximate surface area is 78.4 Å². The molecule has 0 N–H and O–H groups in total. The Bertz CT molecular complexity index is 217. The van der Waals surface area contributed by atoms with Gasteiger partial charge in [0, 0.05) is 19.4 Å². The van der Waals surface area contributed by atoms with Gasteiger partial charge in [-0.3, -0.25) is 14.5 Å². The van der Waals surface area contributed by atoms with Crippen LogP contribution in [0, 0.1) is 0 Å². The van der Waals surface area contributed by atoms with Gasteiger partial charge in [-0.15, -0.1) is 0 Å². The summed E-state index contributed by atoms with van der Waals surface area (Å²) < 4.78 is 0. The Morgan fingerprint density at radius 2 is 1.85 bits per heavy atom. The Morgan fingerprint density at radius 3 is 2.38 bits per heavy atom. The van der Waals surface area contributed by atoms with Gasteiger partial charge in [0.1, 0.15) is 0 Å². The van der Waals surface area contributed by atoms with Gasteiger partial charge >= 0.3 is 0 Å². The van der Waals surface area contributed by atoms with E-state index in [1.807, 2.05) is 12.2 Å². The minimum Gasteiger partial charge on any atom is -0.282 e. The van der Waals surface area contributed by atoms with Crippen molar-refractivity contribution in [2.24, 2.45) is 0 Å². The molecule has 1 aliphatic rings. The summed E-state index contributed by atoms with van der Waals surface area (Å²) >= 11 is 0. The van der Waals surface area contributed by atoms with Gasteiger partial charge in [-0.2, -0.15) is 0 Å².